The number of carbonyl (C=O) groups excluding carboxylic acids is 2. The minimum absolute atomic E-state index is 0.0418. The number of benzene rings is 1. The number of halogens is 1. The van der Waals surface area contributed by atoms with Crippen LogP contribution in [0, 0.1) is 11.8 Å². The monoisotopic (exact) mass is 348 g/mol. The summed E-state index contributed by atoms with van der Waals surface area (Å²) in [6, 6.07) is 7.18. The van der Waals surface area contributed by atoms with Gasteiger partial charge in [-0.1, -0.05) is 23.8 Å². The molecule has 0 radical (unpaired) electrons. The molecule has 2 unspecified atom stereocenters. The van der Waals surface area contributed by atoms with Crippen molar-refractivity contribution in [3.8, 4) is 5.75 Å². The van der Waals surface area contributed by atoms with Gasteiger partial charge in [-0.15, -0.1) is 0 Å². The average molecular weight is 349 g/mol. The molecule has 0 saturated carbocycles. The van der Waals surface area contributed by atoms with Crippen molar-refractivity contribution < 1.29 is 14.3 Å². The minimum Gasteiger partial charge on any atom is -0.492 e. The zero-order chi connectivity index (χ0) is 17.1. The first kappa shape index (κ1) is 17.0. The molecule has 2 aliphatic rings. The molecule has 24 heavy (non-hydrogen) atoms. The van der Waals surface area contributed by atoms with E-state index >= 15 is 0 Å². The Morgan fingerprint density at radius 3 is 2.29 bits per heavy atom. The fourth-order valence-corrected chi connectivity index (χ4v) is 3.30. The molecule has 1 aromatic carbocycles. The summed E-state index contributed by atoms with van der Waals surface area (Å²) in [5.41, 5.74) is 0. The van der Waals surface area contributed by atoms with Crippen LogP contribution >= 0.6 is 11.6 Å². The van der Waals surface area contributed by atoms with Crippen LogP contribution in [-0.2, 0) is 9.59 Å². The Labute approximate surface area is 146 Å². The van der Waals surface area contributed by atoms with Gasteiger partial charge in [0.15, 0.2) is 0 Å². The molecule has 0 N–H and O–H groups in total. The van der Waals surface area contributed by atoms with Crippen LogP contribution in [0.25, 0.3) is 0 Å². The number of imide groups is 1. The normalized spacial score (nSPS) is 23.0. The van der Waals surface area contributed by atoms with E-state index in [1.165, 1.54) is 4.90 Å². The maximum atomic E-state index is 12.4. The Bertz CT molecular complexity index is 618. The second kappa shape index (κ2) is 7.36. The van der Waals surface area contributed by atoms with E-state index in [1.807, 2.05) is 36.2 Å². The second-order valence-electron chi connectivity index (χ2n) is 6.28. The zero-order valence-corrected chi connectivity index (χ0v) is 14.4. The molecule has 6 heteroatoms. The predicted molar refractivity (Wildman–Crippen MR) is 91.7 cm³/mol. The molecular formula is C18H21ClN2O3. The number of nitrogens with zero attached hydrogens (tertiary/aromatic N) is 2. The van der Waals surface area contributed by atoms with Gasteiger partial charge in [0, 0.05) is 11.6 Å². The van der Waals surface area contributed by atoms with Gasteiger partial charge in [0.25, 0.3) is 0 Å². The molecule has 1 heterocycles. The van der Waals surface area contributed by atoms with E-state index in [4.69, 9.17) is 16.3 Å². The van der Waals surface area contributed by atoms with E-state index in [-0.39, 0.29) is 23.7 Å². The van der Waals surface area contributed by atoms with Crippen LogP contribution in [0.3, 0.4) is 0 Å². The number of allylic oxidation sites excluding steroid dienone is 2. The quantitative estimate of drug-likeness (QED) is 0.585. The number of fused-ring (bicyclic) bond motifs is 1. The summed E-state index contributed by atoms with van der Waals surface area (Å²) in [6.07, 6.45) is 5.35. The summed E-state index contributed by atoms with van der Waals surface area (Å²) in [4.78, 5) is 28.1. The molecule has 128 valence electrons. The second-order valence-corrected chi connectivity index (χ2v) is 6.72. The molecule has 0 spiro atoms. The Hall–Kier alpha value is -1.85. The lowest BCUT2D eigenvalue weighted by molar-refractivity contribution is -0.142. The van der Waals surface area contributed by atoms with Crippen molar-refractivity contribution in [1.29, 1.82) is 0 Å². The van der Waals surface area contributed by atoms with Gasteiger partial charge < -0.3 is 4.74 Å². The molecule has 2 atom stereocenters. The first-order valence-corrected chi connectivity index (χ1v) is 8.51. The summed E-state index contributed by atoms with van der Waals surface area (Å²) in [5.74, 6) is 0.334. The Morgan fingerprint density at radius 2 is 1.71 bits per heavy atom. The van der Waals surface area contributed by atoms with Gasteiger partial charge in [-0.25, -0.2) is 0 Å². The van der Waals surface area contributed by atoms with E-state index in [1.54, 1.807) is 12.1 Å². The SMILES string of the molecule is CN(CCOc1ccc(Cl)cc1)CN1C(=O)C2CC=CCC2C1=O. The Morgan fingerprint density at radius 1 is 1.12 bits per heavy atom. The molecule has 0 bridgehead atoms. The van der Waals surface area contributed by atoms with Crippen molar-refractivity contribution in [2.75, 3.05) is 26.9 Å². The highest BCUT2D eigenvalue weighted by molar-refractivity contribution is 6.30. The van der Waals surface area contributed by atoms with E-state index < -0.39 is 0 Å². The molecule has 1 aromatic rings. The smallest absolute Gasteiger partial charge is 0.234 e. The van der Waals surface area contributed by atoms with Crippen molar-refractivity contribution in [2.45, 2.75) is 12.8 Å². The minimum atomic E-state index is -0.166. The first-order chi connectivity index (χ1) is 11.6. The van der Waals surface area contributed by atoms with Crippen molar-refractivity contribution in [1.82, 2.24) is 9.80 Å². The number of hydrogen-bond donors (Lipinski definition) is 0. The van der Waals surface area contributed by atoms with Crippen LogP contribution < -0.4 is 4.74 Å². The number of likely N-dealkylation sites (N-methyl/N-ethyl adjacent to an activating group) is 1. The number of likely N-dealkylation sites (tertiary alicyclic amines) is 1. The fourth-order valence-electron chi connectivity index (χ4n) is 3.17. The topological polar surface area (TPSA) is 49.9 Å². The molecule has 1 aliphatic heterocycles. The van der Waals surface area contributed by atoms with E-state index in [2.05, 4.69) is 0 Å². The lowest BCUT2D eigenvalue weighted by Gasteiger charge is -2.23. The van der Waals surface area contributed by atoms with Crippen molar-refractivity contribution in [3.63, 3.8) is 0 Å². The highest BCUT2D eigenvalue weighted by Crippen LogP contribution is 2.34. The zero-order valence-electron chi connectivity index (χ0n) is 13.7. The van der Waals surface area contributed by atoms with Crippen LogP contribution in [0.15, 0.2) is 36.4 Å². The van der Waals surface area contributed by atoms with Gasteiger partial charge in [-0.2, -0.15) is 0 Å². The largest absolute Gasteiger partial charge is 0.492 e. The third-order valence-electron chi connectivity index (χ3n) is 4.54. The van der Waals surface area contributed by atoms with Crippen LogP contribution in [0.5, 0.6) is 5.75 Å². The van der Waals surface area contributed by atoms with Gasteiger partial charge in [0.05, 0.1) is 18.5 Å². The van der Waals surface area contributed by atoms with Crippen molar-refractivity contribution in [2.24, 2.45) is 11.8 Å². The highest BCUT2D eigenvalue weighted by Gasteiger charge is 2.47. The molecule has 1 fully saturated rings. The lowest BCUT2D eigenvalue weighted by atomic mass is 9.85. The average Bonchev–Trinajstić information content (AvgIpc) is 2.82. The number of amides is 2. The van der Waals surface area contributed by atoms with Gasteiger partial charge in [0.1, 0.15) is 12.4 Å². The molecule has 3 rings (SSSR count). The first-order valence-electron chi connectivity index (χ1n) is 8.13. The number of ether oxygens (including phenoxy) is 1. The lowest BCUT2D eigenvalue weighted by Crippen LogP contribution is -2.41. The van der Waals surface area contributed by atoms with Crippen LogP contribution in [-0.4, -0.2) is 48.5 Å². The third-order valence-corrected chi connectivity index (χ3v) is 4.79. The molecule has 2 amide bonds. The van der Waals surface area contributed by atoms with Crippen LogP contribution in [0.4, 0.5) is 0 Å². The maximum Gasteiger partial charge on any atom is 0.234 e. The summed E-state index contributed by atoms with van der Waals surface area (Å²) >= 11 is 5.83. The molecule has 1 aliphatic carbocycles. The van der Waals surface area contributed by atoms with Gasteiger partial charge in [-0.05, 0) is 44.2 Å². The highest BCUT2D eigenvalue weighted by atomic mass is 35.5. The molecular weight excluding hydrogens is 328 g/mol. The Kier molecular flexibility index (Phi) is 5.21. The molecule has 5 nitrogen and oxygen atoms in total. The van der Waals surface area contributed by atoms with E-state index in [0.29, 0.717) is 37.7 Å². The summed E-state index contributed by atoms with van der Waals surface area (Å²) < 4.78 is 5.65. The summed E-state index contributed by atoms with van der Waals surface area (Å²) in [7, 11) is 1.88. The standard InChI is InChI=1S/C18H21ClN2O3/c1-20(10-11-24-14-8-6-13(19)7-9-14)12-21-17(22)15-4-2-3-5-16(15)18(21)23/h2-3,6-9,15-16H,4-5,10-12H2,1H3. The third kappa shape index (κ3) is 3.62. The van der Waals surface area contributed by atoms with Crippen LogP contribution in [0.1, 0.15) is 12.8 Å². The predicted octanol–water partition coefficient (Wildman–Crippen LogP) is 2.56. The number of rotatable bonds is 6. The number of hydrogen-bond acceptors (Lipinski definition) is 4. The summed E-state index contributed by atoms with van der Waals surface area (Å²) in [5, 5.41) is 0.668. The van der Waals surface area contributed by atoms with Gasteiger partial charge in [0.2, 0.25) is 11.8 Å². The molecule has 0 aromatic heterocycles. The van der Waals surface area contributed by atoms with Gasteiger partial charge >= 0.3 is 0 Å². The van der Waals surface area contributed by atoms with Crippen molar-refractivity contribution >= 4 is 23.4 Å². The van der Waals surface area contributed by atoms with E-state index in [0.717, 1.165) is 5.75 Å². The van der Waals surface area contributed by atoms with E-state index in [9.17, 15) is 9.59 Å². The number of carbonyl (C=O) groups is 2. The van der Waals surface area contributed by atoms with Crippen molar-refractivity contribution in [3.05, 3.63) is 41.4 Å². The summed E-state index contributed by atoms with van der Waals surface area (Å²) in [6.45, 7) is 1.41. The van der Waals surface area contributed by atoms with Crippen LogP contribution in [0.2, 0.25) is 5.02 Å². The fraction of sp³-hybridized carbons (Fsp3) is 0.444. The van der Waals surface area contributed by atoms with Gasteiger partial charge in [-0.3, -0.25) is 19.4 Å². The maximum absolute atomic E-state index is 12.4. The molecule has 1 saturated heterocycles. The Balaban J connectivity index is 1.48.